The van der Waals surface area contributed by atoms with Gasteiger partial charge in [0.25, 0.3) is 0 Å². The molecule has 1 aromatic rings. The molecule has 0 spiro atoms. The first-order valence-electron chi connectivity index (χ1n) is 5.14. The lowest BCUT2D eigenvalue weighted by atomic mass is 10.3. The summed E-state index contributed by atoms with van der Waals surface area (Å²) in [6, 6.07) is 3.38. The van der Waals surface area contributed by atoms with Gasteiger partial charge in [-0.25, -0.2) is 0 Å². The Morgan fingerprint density at radius 2 is 2.17 bits per heavy atom. The van der Waals surface area contributed by atoms with Gasteiger partial charge in [-0.15, -0.1) is 12.4 Å². The molecule has 18 heavy (non-hydrogen) atoms. The summed E-state index contributed by atoms with van der Waals surface area (Å²) in [6.45, 7) is 2.62. The molecule has 1 aromatic carbocycles. The number of rotatable bonds is 5. The first kappa shape index (κ1) is 17.5. The molecule has 0 saturated heterocycles. The summed E-state index contributed by atoms with van der Waals surface area (Å²) in [4.78, 5) is 11.5. The lowest BCUT2D eigenvalue weighted by Crippen LogP contribution is -2.25. The monoisotopic (exact) mass is 356 g/mol. The number of likely N-dealkylation sites (N-methyl/N-ethyl adjacent to an activating group) is 1. The summed E-state index contributed by atoms with van der Waals surface area (Å²) in [5.74, 6) is 0.434. The Morgan fingerprint density at radius 3 is 2.72 bits per heavy atom. The predicted molar refractivity (Wildman–Crippen MR) is 80.1 cm³/mol. The maximum Gasteiger partial charge on any atom is 0.238 e. The number of anilines is 1. The molecule has 0 fully saturated rings. The topological polar surface area (TPSA) is 50.4 Å². The summed E-state index contributed by atoms with van der Waals surface area (Å²) in [5, 5.41) is 6.04. The number of amides is 1. The number of hydrogen-bond donors (Lipinski definition) is 2. The molecule has 2 N–H and O–H groups in total. The molecule has 0 aliphatic rings. The summed E-state index contributed by atoms with van der Waals surface area (Å²) >= 11 is 9.28. The molecular formula is C11H15BrCl2N2O2. The summed E-state index contributed by atoms with van der Waals surface area (Å²) in [6.07, 6.45) is 0. The van der Waals surface area contributed by atoms with E-state index in [-0.39, 0.29) is 24.9 Å². The highest BCUT2D eigenvalue weighted by Gasteiger charge is 2.12. The van der Waals surface area contributed by atoms with E-state index in [1.165, 1.54) is 0 Å². The van der Waals surface area contributed by atoms with Crippen LogP contribution in [-0.2, 0) is 4.79 Å². The molecule has 0 aromatic heterocycles. The molecule has 0 bridgehead atoms. The van der Waals surface area contributed by atoms with Crippen LogP contribution >= 0.6 is 39.9 Å². The van der Waals surface area contributed by atoms with Crippen molar-refractivity contribution in [3.8, 4) is 5.75 Å². The minimum absolute atomic E-state index is 0. The van der Waals surface area contributed by atoms with E-state index in [2.05, 4.69) is 26.6 Å². The molecule has 0 unspecified atom stereocenters. The fourth-order valence-corrected chi connectivity index (χ4v) is 2.22. The molecular weight excluding hydrogens is 343 g/mol. The average Bonchev–Trinajstić information content (AvgIpc) is 2.23. The van der Waals surface area contributed by atoms with E-state index in [4.69, 9.17) is 16.3 Å². The molecule has 0 aliphatic carbocycles. The van der Waals surface area contributed by atoms with Gasteiger partial charge >= 0.3 is 0 Å². The Bertz CT molecular complexity index is 416. The number of hydrogen-bond acceptors (Lipinski definition) is 3. The molecule has 0 aliphatic heterocycles. The van der Waals surface area contributed by atoms with E-state index in [1.54, 1.807) is 19.2 Å². The molecule has 102 valence electrons. The van der Waals surface area contributed by atoms with Gasteiger partial charge in [-0.2, -0.15) is 0 Å². The van der Waals surface area contributed by atoms with Gasteiger partial charge in [0.1, 0.15) is 0 Å². The van der Waals surface area contributed by atoms with Crippen molar-refractivity contribution in [3.63, 3.8) is 0 Å². The normalized spacial score (nSPS) is 9.56. The zero-order valence-electron chi connectivity index (χ0n) is 10.0. The summed E-state index contributed by atoms with van der Waals surface area (Å²) in [5.41, 5.74) is 0.562. The summed E-state index contributed by atoms with van der Waals surface area (Å²) < 4.78 is 6.18. The Morgan fingerprint density at radius 1 is 1.50 bits per heavy atom. The molecule has 0 saturated carbocycles. The van der Waals surface area contributed by atoms with Crippen molar-refractivity contribution in [1.29, 1.82) is 0 Å². The third kappa shape index (κ3) is 5.02. The maximum absolute atomic E-state index is 11.5. The molecule has 0 heterocycles. The highest BCUT2D eigenvalue weighted by molar-refractivity contribution is 9.10. The Hall–Kier alpha value is -0.490. The second-order valence-electron chi connectivity index (χ2n) is 3.28. The first-order valence-corrected chi connectivity index (χ1v) is 6.31. The SMILES string of the molecule is CCOc1c(Br)cc(Cl)cc1NC(=O)CNC.Cl. The van der Waals surface area contributed by atoms with Crippen LogP contribution in [0.4, 0.5) is 5.69 Å². The first-order chi connectivity index (χ1) is 8.08. The molecule has 7 heteroatoms. The largest absolute Gasteiger partial charge is 0.491 e. The Labute approximate surface area is 126 Å². The second kappa shape index (κ2) is 8.58. The Kier molecular flexibility index (Phi) is 8.35. The number of nitrogens with one attached hydrogen (secondary N) is 2. The smallest absolute Gasteiger partial charge is 0.238 e. The highest BCUT2D eigenvalue weighted by Crippen LogP contribution is 2.36. The van der Waals surface area contributed by atoms with E-state index in [0.717, 1.165) is 0 Å². The van der Waals surface area contributed by atoms with E-state index in [9.17, 15) is 4.79 Å². The van der Waals surface area contributed by atoms with Crippen molar-refractivity contribution in [2.45, 2.75) is 6.92 Å². The standard InChI is InChI=1S/C11H14BrClN2O2.ClH/c1-3-17-11-8(12)4-7(13)5-9(11)15-10(16)6-14-2;/h4-5,14H,3,6H2,1-2H3,(H,15,16);1H. The minimum atomic E-state index is -0.150. The quantitative estimate of drug-likeness (QED) is 0.851. The number of ether oxygens (including phenoxy) is 1. The molecule has 0 radical (unpaired) electrons. The van der Waals surface area contributed by atoms with Crippen molar-refractivity contribution in [2.24, 2.45) is 0 Å². The van der Waals surface area contributed by atoms with Crippen LogP contribution in [0.15, 0.2) is 16.6 Å². The van der Waals surface area contributed by atoms with Gasteiger partial charge in [-0.1, -0.05) is 11.6 Å². The predicted octanol–water partition coefficient (Wildman–Crippen LogP) is 3.08. The van der Waals surface area contributed by atoms with Gasteiger partial charge in [0.05, 0.1) is 23.3 Å². The summed E-state index contributed by atoms with van der Waals surface area (Å²) in [7, 11) is 1.71. The molecule has 1 rings (SSSR count). The fourth-order valence-electron chi connectivity index (χ4n) is 1.30. The van der Waals surface area contributed by atoms with Gasteiger partial charge in [-0.3, -0.25) is 4.79 Å². The van der Waals surface area contributed by atoms with Crippen LogP contribution in [0.25, 0.3) is 0 Å². The zero-order chi connectivity index (χ0) is 12.8. The molecule has 1 amide bonds. The fraction of sp³-hybridized carbons (Fsp3) is 0.364. The van der Waals surface area contributed by atoms with Crippen LogP contribution in [0.5, 0.6) is 5.75 Å². The Balaban J connectivity index is 0.00000289. The second-order valence-corrected chi connectivity index (χ2v) is 4.57. The lowest BCUT2D eigenvalue weighted by Gasteiger charge is -2.13. The van der Waals surface area contributed by atoms with E-state index in [1.807, 2.05) is 6.92 Å². The number of carbonyl (C=O) groups is 1. The highest BCUT2D eigenvalue weighted by atomic mass is 79.9. The van der Waals surface area contributed by atoms with Gasteiger partial charge in [0, 0.05) is 5.02 Å². The van der Waals surface area contributed by atoms with Crippen LogP contribution in [0.3, 0.4) is 0 Å². The van der Waals surface area contributed by atoms with Gasteiger partial charge in [0.15, 0.2) is 5.75 Å². The van der Waals surface area contributed by atoms with Crippen LogP contribution in [0.1, 0.15) is 6.92 Å². The number of halogens is 3. The number of benzene rings is 1. The van der Waals surface area contributed by atoms with E-state index >= 15 is 0 Å². The zero-order valence-corrected chi connectivity index (χ0v) is 13.2. The average molecular weight is 358 g/mol. The minimum Gasteiger partial charge on any atom is -0.491 e. The number of carbonyl (C=O) groups excluding carboxylic acids is 1. The van der Waals surface area contributed by atoms with Crippen molar-refractivity contribution in [2.75, 3.05) is 25.5 Å². The van der Waals surface area contributed by atoms with Crippen molar-refractivity contribution in [3.05, 3.63) is 21.6 Å². The van der Waals surface area contributed by atoms with Crippen molar-refractivity contribution >= 4 is 51.5 Å². The third-order valence-corrected chi connectivity index (χ3v) is 2.72. The van der Waals surface area contributed by atoms with Gasteiger partial charge in [0.2, 0.25) is 5.91 Å². The van der Waals surface area contributed by atoms with Crippen LogP contribution < -0.4 is 15.4 Å². The van der Waals surface area contributed by atoms with Gasteiger partial charge in [-0.05, 0) is 42.0 Å². The van der Waals surface area contributed by atoms with Crippen molar-refractivity contribution in [1.82, 2.24) is 5.32 Å². The molecule has 0 atom stereocenters. The van der Waals surface area contributed by atoms with E-state index in [0.29, 0.717) is 27.5 Å². The lowest BCUT2D eigenvalue weighted by molar-refractivity contribution is -0.115. The van der Waals surface area contributed by atoms with E-state index < -0.39 is 0 Å². The van der Waals surface area contributed by atoms with Crippen LogP contribution in [-0.4, -0.2) is 26.1 Å². The third-order valence-electron chi connectivity index (χ3n) is 1.91. The maximum atomic E-state index is 11.5. The van der Waals surface area contributed by atoms with Gasteiger partial charge < -0.3 is 15.4 Å². The molecule has 4 nitrogen and oxygen atoms in total. The van der Waals surface area contributed by atoms with Crippen molar-refractivity contribution < 1.29 is 9.53 Å². The van der Waals surface area contributed by atoms with Crippen LogP contribution in [0, 0.1) is 0 Å². The van der Waals surface area contributed by atoms with Crippen LogP contribution in [0.2, 0.25) is 5.02 Å².